The van der Waals surface area contributed by atoms with Crippen molar-refractivity contribution in [2.45, 2.75) is 57.9 Å². The highest BCUT2D eigenvalue weighted by atomic mass is 19.4. The van der Waals surface area contributed by atoms with E-state index in [9.17, 15) is 17.6 Å². The van der Waals surface area contributed by atoms with Crippen LogP contribution in [0.1, 0.15) is 51.1 Å². The van der Waals surface area contributed by atoms with Crippen molar-refractivity contribution in [3.05, 3.63) is 48.3 Å². The minimum absolute atomic E-state index is 0.0130. The van der Waals surface area contributed by atoms with Crippen LogP contribution >= 0.6 is 0 Å². The molecule has 0 saturated heterocycles. The first-order chi connectivity index (χ1) is 18.8. The molecule has 0 atom stereocenters. The van der Waals surface area contributed by atoms with E-state index in [2.05, 4.69) is 25.3 Å². The summed E-state index contributed by atoms with van der Waals surface area (Å²) < 4.78 is 66.5. The van der Waals surface area contributed by atoms with E-state index in [0.29, 0.717) is 62.0 Å². The van der Waals surface area contributed by atoms with Gasteiger partial charge in [0.2, 0.25) is 0 Å². The van der Waals surface area contributed by atoms with E-state index in [1.54, 1.807) is 18.6 Å². The SMILES string of the molecule is CCNc1cc2c(cn1)c(-c1cnc(OCC)nc1)nn2[C@H]1CC[C@@H](Oc2nccc(C(F)(F)F)c2F)CC1. The van der Waals surface area contributed by atoms with Crippen molar-refractivity contribution in [2.24, 2.45) is 0 Å². The summed E-state index contributed by atoms with van der Waals surface area (Å²) in [7, 11) is 0. The minimum Gasteiger partial charge on any atom is -0.472 e. The van der Waals surface area contributed by atoms with Crippen LogP contribution in [0.4, 0.5) is 23.4 Å². The van der Waals surface area contributed by atoms with Crippen LogP contribution in [0.3, 0.4) is 0 Å². The average molecular weight is 546 g/mol. The van der Waals surface area contributed by atoms with Crippen LogP contribution in [0.15, 0.2) is 36.9 Å². The Morgan fingerprint density at radius 3 is 2.44 bits per heavy atom. The van der Waals surface area contributed by atoms with Crippen molar-refractivity contribution in [3.8, 4) is 23.1 Å². The van der Waals surface area contributed by atoms with Crippen LogP contribution in [0.2, 0.25) is 0 Å². The number of hydrogen-bond acceptors (Lipinski definition) is 8. The molecule has 9 nitrogen and oxygen atoms in total. The molecule has 1 aliphatic rings. The fourth-order valence-corrected chi connectivity index (χ4v) is 4.73. The Balaban J connectivity index is 1.39. The number of pyridine rings is 2. The lowest BCUT2D eigenvalue weighted by Crippen LogP contribution is -2.27. The van der Waals surface area contributed by atoms with E-state index in [0.717, 1.165) is 17.1 Å². The summed E-state index contributed by atoms with van der Waals surface area (Å²) in [4.78, 5) is 16.7. The number of hydrogen-bond donors (Lipinski definition) is 1. The third-order valence-electron chi connectivity index (χ3n) is 6.56. The summed E-state index contributed by atoms with van der Waals surface area (Å²) in [5, 5.41) is 8.96. The third kappa shape index (κ3) is 5.57. The molecule has 4 heterocycles. The van der Waals surface area contributed by atoms with E-state index in [4.69, 9.17) is 14.6 Å². The molecule has 0 spiro atoms. The van der Waals surface area contributed by atoms with E-state index in [1.807, 2.05) is 24.6 Å². The molecule has 0 radical (unpaired) electrons. The molecule has 5 rings (SSSR count). The Labute approximate surface area is 221 Å². The number of nitrogens with zero attached hydrogens (tertiary/aromatic N) is 6. The van der Waals surface area contributed by atoms with Gasteiger partial charge >= 0.3 is 12.2 Å². The standard InChI is InChI=1S/C26H27F4N7O2/c1-3-31-21-11-20-18(14-33-21)23(15-12-34-25(35-13-15)38-4-2)36-37(20)16-5-7-17(8-6-16)39-24-22(27)19(9-10-32-24)26(28,29)30/h9-14,16-17H,3-8H2,1-2H3,(H,31,33)/t16-,17+. The molecular formula is C26H27F4N7O2. The number of nitrogens with one attached hydrogen (secondary N) is 1. The smallest absolute Gasteiger partial charge is 0.419 e. The molecule has 1 N–H and O–H groups in total. The van der Waals surface area contributed by atoms with E-state index >= 15 is 0 Å². The van der Waals surface area contributed by atoms with Crippen LogP contribution in [-0.2, 0) is 6.18 Å². The normalized spacial score (nSPS) is 17.8. The number of alkyl halides is 3. The van der Waals surface area contributed by atoms with Crippen LogP contribution in [0.25, 0.3) is 22.2 Å². The molecule has 0 aliphatic heterocycles. The zero-order valence-corrected chi connectivity index (χ0v) is 21.4. The lowest BCUT2D eigenvalue weighted by atomic mass is 9.93. The third-order valence-corrected chi connectivity index (χ3v) is 6.56. The molecule has 1 fully saturated rings. The molecule has 0 bridgehead atoms. The molecule has 0 unspecified atom stereocenters. The summed E-state index contributed by atoms with van der Waals surface area (Å²) in [6.45, 7) is 4.99. The van der Waals surface area contributed by atoms with Gasteiger partial charge in [0.25, 0.3) is 5.88 Å². The molecule has 0 amide bonds. The van der Waals surface area contributed by atoms with E-state index < -0.39 is 29.5 Å². The number of ether oxygens (including phenoxy) is 2. The molecular weight excluding hydrogens is 518 g/mol. The van der Waals surface area contributed by atoms with Crippen LogP contribution in [-0.4, -0.2) is 49.0 Å². The van der Waals surface area contributed by atoms with Gasteiger partial charge in [-0.25, -0.2) is 24.3 Å². The first kappa shape index (κ1) is 26.6. The maximum Gasteiger partial charge on any atom is 0.419 e. The Bertz CT molecular complexity index is 1440. The maximum atomic E-state index is 14.4. The number of anilines is 1. The number of halogens is 4. The number of rotatable bonds is 8. The Morgan fingerprint density at radius 2 is 1.77 bits per heavy atom. The fourth-order valence-electron chi connectivity index (χ4n) is 4.73. The maximum absolute atomic E-state index is 14.4. The molecule has 0 aromatic carbocycles. The highest BCUT2D eigenvalue weighted by Gasteiger charge is 2.36. The number of fused-ring (bicyclic) bond motifs is 1. The Kier molecular flexibility index (Phi) is 7.49. The van der Waals surface area contributed by atoms with Crippen LogP contribution < -0.4 is 14.8 Å². The van der Waals surface area contributed by atoms with Gasteiger partial charge in [-0.15, -0.1) is 0 Å². The van der Waals surface area contributed by atoms with Gasteiger partial charge in [-0.2, -0.15) is 18.3 Å². The van der Waals surface area contributed by atoms with Gasteiger partial charge in [0.05, 0.1) is 23.7 Å². The largest absolute Gasteiger partial charge is 0.472 e. The van der Waals surface area contributed by atoms with Crippen LogP contribution in [0.5, 0.6) is 11.9 Å². The minimum atomic E-state index is -4.82. The molecule has 206 valence electrons. The van der Waals surface area contributed by atoms with Gasteiger partial charge in [-0.3, -0.25) is 4.68 Å². The van der Waals surface area contributed by atoms with Crippen LogP contribution in [0, 0.1) is 5.82 Å². The summed E-state index contributed by atoms with van der Waals surface area (Å²) in [5.41, 5.74) is 0.875. The zero-order valence-electron chi connectivity index (χ0n) is 21.4. The van der Waals surface area contributed by atoms with Crippen molar-refractivity contribution < 1.29 is 27.0 Å². The van der Waals surface area contributed by atoms with Crippen molar-refractivity contribution in [1.29, 1.82) is 0 Å². The predicted octanol–water partition coefficient (Wildman–Crippen LogP) is 5.83. The van der Waals surface area contributed by atoms with Gasteiger partial charge in [-0.1, -0.05) is 0 Å². The first-order valence-electron chi connectivity index (χ1n) is 12.7. The van der Waals surface area contributed by atoms with Gasteiger partial charge in [-0.05, 0) is 45.6 Å². The van der Waals surface area contributed by atoms with Crippen molar-refractivity contribution in [1.82, 2.24) is 29.7 Å². The first-order valence-corrected chi connectivity index (χ1v) is 12.7. The topological polar surface area (TPSA) is 99.9 Å². The Hall–Kier alpha value is -4.03. The van der Waals surface area contributed by atoms with Gasteiger partial charge < -0.3 is 14.8 Å². The van der Waals surface area contributed by atoms with Crippen molar-refractivity contribution >= 4 is 16.7 Å². The van der Waals surface area contributed by atoms with Crippen molar-refractivity contribution in [3.63, 3.8) is 0 Å². The second-order valence-electron chi connectivity index (χ2n) is 9.12. The molecule has 13 heteroatoms. The quantitative estimate of drug-likeness (QED) is 0.276. The second kappa shape index (κ2) is 11.0. The summed E-state index contributed by atoms with van der Waals surface area (Å²) in [6, 6.07) is 2.81. The van der Waals surface area contributed by atoms with Crippen molar-refractivity contribution in [2.75, 3.05) is 18.5 Å². The van der Waals surface area contributed by atoms with Gasteiger partial charge in [0, 0.05) is 48.3 Å². The zero-order chi connectivity index (χ0) is 27.6. The fraction of sp³-hybridized carbons (Fsp3) is 0.423. The van der Waals surface area contributed by atoms with E-state index in [1.165, 1.54) is 0 Å². The summed E-state index contributed by atoms with van der Waals surface area (Å²) in [5.74, 6) is -1.41. The predicted molar refractivity (Wildman–Crippen MR) is 135 cm³/mol. The summed E-state index contributed by atoms with van der Waals surface area (Å²) >= 11 is 0. The molecule has 1 saturated carbocycles. The summed E-state index contributed by atoms with van der Waals surface area (Å²) in [6.07, 6.45) is 2.94. The monoisotopic (exact) mass is 545 g/mol. The van der Waals surface area contributed by atoms with Gasteiger partial charge in [0.15, 0.2) is 5.82 Å². The molecule has 1 aliphatic carbocycles. The highest BCUT2D eigenvalue weighted by Crippen LogP contribution is 2.38. The second-order valence-corrected chi connectivity index (χ2v) is 9.12. The Morgan fingerprint density at radius 1 is 1.03 bits per heavy atom. The lowest BCUT2D eigenvalue weighted by molar-refractivity contribution is -0.140. The molecule has 4 aromatic rings. The van der Waals surface area contributed by atoms with Gasteiger partial charge in [0.1, 0.15) is 17.6 Å². The molecule has 39 heavy (non-hydrogen) atoms. The highest BCUT2D eigenvalue weighted by molar-refractivity contribution is 5.93. The lowest BCUT2D eigenvalue weighted by Gasteiger charge is -2.29. The number of aromatic nitrogens is 6. The van der Waals surface area contributed by atoms with E-state index in [-0.39, 0.29) is 12.1 Å². The molecule has 4 aromatic heterocycles. The average Bonchev–Trinajstić information content (AvgIpc) is 3.29.